The number of nitrogens with one attached hydrogen (secondary N) is 1. The number of carbonyl (C=O) groups is 2. The third-order valence-electron chi connectivity index (χ3n) is 5.46. The molecule has 1 saturated carbocycles. The molecule has 0 spiro atoms. The van der Waals surface area contributed by atoms with Gasteiger partial charge in [0.15, 0.2) is 0 Å². The van der Waals surface area contributed by atoms with Crippen LogP contribution >= 0.6 is 0 Å². The molecule has 2 atom stereocenters. The van der Waals surface area contributed by atoms with E-state index >= 15 is 0 Å². The molecule has 0 radical (unpaired) electrons. The Bertz CT molecular complexity index is 642. The third-order valence-corrected chi connectivity index (χ3v) is 5.46. The Morgan fingerprint density at radius 3 is 2.65 bits per heavy atom. The summed E-state index contributed by atoms with van der Waals surface area (Å²) in [6.07, 6.45) is 4.60. The standard InChI is InChI=1S/C20H28N2O4/c1-25-12-11-22-18(23)13-16(20(24)21-14-7-3-4-8-14)19(22)15-9-5-6-10-17(15)26-2/h5-6,9-10,14,16,19H,3-4,7-8,11-13H2,1-2H3,(H,21,24)/t16-,19+/m1/s1. The van der Waals surface area contributed by atoms with Gasteiger partial charge in [0.1, 0.15) is 5.75 Å². The smallest absolute Gasteiger partial charge is 0.226 e. The quantitative estimate of drug-likeness (QED) is 0.810. The summed E-state index contributed by atoms with van der Waals surface area (Å²) in [7, 11) is 3.23. The predicted molar refractivity (Wildman–Crippen MR) is 97.8 cm³/mol. The molecule has 6 heteroatoms. The topological polar surface area (TPSA) is 67.9 Å². The molecule has 0 aromatic heterocycles. The second-order valence-electron chi connectivity index (χ2n) is 7.07. The van der Waals surface area contributed by atoms with Gasteiger partial charge in [-0.15, -0.1) is 0 Å². The SMILES string of the molecule is COCCN1C(=O)C[C@@H](C(=O)NC2CCCC2)[C@@H]1c1ccccc1OC. The molecule has 0 unspecified atom stereocenters. The summed E-state index contributed by atoms with van der Waals surface area (Å²) in [5.41, 5.74) is 0.878. The number of hydrogen-bond acceptors (Lipinski definition) is 4. The highest BCUT2D eigenvalue weighted by Crippen LogP contribution is 2.42. The van der Waals surface area contributed by atoms with Crippen molar-refractivity contribution in [3.05, 3.63) is 29.8 Å². The molecular formula is C20H28N2O4. The van der Waals surface area contributed by atoms with Gasteiger partial charge in [-0.1, -0.05) is 31.0 Å². The highest BCUT2D eigenvalue weighted by molar-refractivity contribution is 5.90. The van der Waals surface area contributed by atoms with Crippen LogP contribution in [0, 0.1) is 5.92 Å². The van der Waals surface area contributed by atoms with Crippen molar-refractivity contribution in [1.29, 1.82) is 0 Å². The summed E-state index contributed by atoms with van der Waals surface area (Å²) in [5.74, 6) is 0.259. The maximum Gasteiger partial charge on any atom is 0.226 e. The van der Waals surface area contributed by atoms with Gasteiger partial charge in [0.05, 0.1) is 25.7 Å². The first-order chi connectivity index (χ1) is 12.7. The van der Waals surface area contributed by atoms with Crippen molar-refractivity contribution < 1.29 is 19.1 Å². The molecule has 2 amide bonds. The molecule has 2 aliphatic rings. The van der Waals surface area contributed by atoms with Gasteiger partial charge in [-0.3, -0.25) is 9.59 Å². The molecule has 3 rings (SSSR count). The molecule has 0 bridgehead atoms. The van der Waals surface area contributed by atoms with Gasteiger partial charge in [0.25, 0.3) is 0 Å². The van der Waals surface area contributed by atoms with Crippen LogP contribution in [0.4, 0.5) is 0 Å². The lowest BCUT2D eigenvalue weighted by Gasteiger charge is -2.29. The Kier molecular flexibility index (Phi) is 6.14. The number of nitrogens with zero attached hydrogens (tertiary/aromatic N) is 1. The van der Waals surface area contributed by atoms with Crippen molar-refractivity contribution in [3.63, 3.8) is 0 Å². The molecule has 6 nitrogen and oxygen atoms in total. The van der Waals surface area contributed by atoms with E-state index < -0.39 is 5.92 Å². The number of amides is 2. The number of ether oxygens (including phenoxy) is 2. The van der Waals surface area contributed by atoms with Gasteiger partial charge in [-0.05, 0) is 18.9 Å². The van der Waals surface area contributed by atoms with Crippen molar-refractivity contribution in [2.45, 2.75) is 44.2 Å². The van der Waals surface area contributed by atoms with Crippen LogP contribution in [-0.4, -0.2) is 50.1 Å². The zero-order valence-electron chi connectivity index (χ0n) is 15.6. The van der Waals surface area contributed by atoms with E-state index in [1.165, 1.54) is 0 Å². The second kappa shape index (κ2) is 8.54. The van der Waals surface area contributed by atoms with Crippen LogP contribution in [0.1, 0.15) is 43.7 Å². The Hall–Kier alpha value is -2.08. The fourth-order valence-electron chi connectivity index (χ4n) is 4.15. The largest absolute Gasteiger partial charge is 0.496 e. The number of likely N-dealkylation sites (tertiary alicyclic amines) is 1. The Morgan fingerprint density at radius 2 is 1.96 bits per heavy atom. The zero-order valence-corrected chi connectivity index (χ0v) is 15.6. The molecule has 1 aromatic carbocycles. The van der Waals surface area contributed by atoms with Gasteiger partial charge < -0.3 is 19.7 Å². The van der Waals surface area contributed by atoms with E-state index in [0.717, 1.165) is 31.2 Å². The summed E-state index contributed by atoms with van der Waals surface area (Å²) < 4.78 is 10.7. The Balaban J connectivity index is 1.88. The number of hydrogen-bond donors (Lipinski definition) is 1. The monoisotopic (exact) mass is 360 g/mol. The van der Waals surface area contributed by atoms with Crippen molar-refractivity contribution >= 4 is 11.8 Å². The highest BCUT2D eigenvalue weighted by atomic mass is 16.5. The minimum Gasteiger partial charge on any atom is -0.496 e. The van der Waals surface area contributed by atoms with Gasteiger partial charge in [-0.2, -0.15) is 0 Å². The summed E-state index contributed by atoms with van der Waals surface area (Å²) in [4.78, 5) is 27.4. The number of para-hydroxylation sites is 1. The van der Waals surface area contributed by atoms with E-state index in [9.17, 15) is 9.59 Å². The van der Waals surface area contributed by atoms with Gasteiger partial charge in [-0.25, -0.2) is 0 Å². The van der Waals surface area contributed by atoms with Gasteiger partial charge in [0, 0.05) is 31.7 Å². The van der Waals surface area contributed by atoms with Gasteiger partial charge in [0.2, 0.25) is 11.8 Å². The normalized spacial score (nSPS) is 23.5. The van der Waals surface area contributed by atoms with Crippen LogP contribution in [0.3, 0.4) is 0 Å². The lowest BCUT2D eigenvalue weighted by atomic mass is 9.91. The first-order valence-corrected chi connectivity index (χ1v) is 9.37. The number of benzene rings is 1. The summed E-state index contributed by atoms with van der Waals surface area (Å²) >= 11 is 0. The van der Waals surface area contributed by atoms with Crippen molar-refractivity contribution in [3.8, 4) is 5.75 Å². The van der Waals surface area contributed by atoms with Crippen LogP contribution < -0.4 is 10.1 Å². The molecule has 2 fully saturated rings. The molecule has 1 heterocycles. The van der Waals surface area contributed by atoms with E-state index in [0.29, 0.717) is 18.9 Å². The van der Waals surface area contributed by atoms with E-state index in [1.807, 2.05) is 24.3 Å². The average molecular weight is 360 g/mol. The maximum atomic E-state index is 13.0. The number of carbonyl (C=O) groups excluding carboxylic acids is 2. The summed E-state index contributed by atoms with van der Waals surface area (Å²) in [6.45, 7) is 0.902. The van der Waals surface area contributed by atoms with E-state index in [1.54, 1.807) is 19.1 Å². The predicted octanol–water partition coefficient (Wildman–Crippen LogP) is 2.29. The van der Waals surface area contributed by atoms with E-state index in [2.05, 4.69) is 5.32 Å². The number of methoxy groups -OCH3 is 2. The van der Waals surface area contributed by atoms with Crippen molar-refractivity contribution in [2.75, 3.05) is 27.4 Å². The van der Waals surface area contributed by atoms with Crippen molar-refractivity contribution in [1.82, 2.24) is 10.2 Å². The zero-order chi connectivity index (χ0) is 18.5. The molecule has 1 aromatic rings. The first kappa shape index (κ1) is 18.7. The van der Waals surface area contributed by atoms with Crippen molar-refractivity contribution in [2.24, 2.45) is 5.92 Å². The first-order valence-electron chi connectivity index (χ1n) is 9.37. The molecule has 1 aliphatic carbocycles. The molecule has 142 valence electrons. The molecule has 1 N–H and O–H groups in total. The average Bonchev–Trinajstić information content (AvgIpc) is 3.27. The van der Waals surface area contributed by atoms with E-state index in [-0.39, 0.29) is 30.3 Å². The summed E-state index contributed by atoms with van der Waals surface area (Å²) in [6, 6.07) is 7.54. The van der Waals surface area contributed by atoms with Crippen LogP contribution in [0.5, 0.6) is 5.75 Å². The highest BCUT2D eigenvalue weighted by Gasteiger charge is 2.45. The second-order valence-corrected chi connectivity index (χ2v) is 7.07. The van der Waals surface area contributed by atoms with Gasteiger partial charge >= 0.3 is 0 Å². The van der Waals surface area contributed by atoms with Crippen LogP contribution in [0.2, 0.25) is 0 Å². The van der Waals surface area contributed by atoms with E-state index in [4.69, 9.17) is 9.47 Å². The number of rotatable bonds is 7. The summed E-state index contributed by atoms with van der Waals surface area (Å²) in [5, 5.41) is 3.17. The fraction of sp³-hybridized carbons (Fsp3) is 0.600. The molecule has 26 heavy (non-hydrogen) atoms. The molecular weight excluding hydrogens is 332 g/mol. The van der Waals surface area contributed by atoms with Crippen LogP contribution in [0.25, 0.3) is 0 Å². The maximum absolute atomic E-state index is 13.0. The minimum atomic E-state index is -0.406. The molecule has 1 aliphatic heterocycles. The lowest BCUT2D eigenvalue weighted by Crippen LogP contribution is -2.40. The van der Waals surface area contributed by atoms with Crippen LogP contribution in [-0.2, 0) is 14.3 Å². The lowest BCUT2D eigenvalue weighted by molar-refractivity contribution is -0.129. The fourth-order valence-corrected chi connectivity index (χ4v) is 4.15. The Labute approximate surface area is 154 Å². The molecule has 1 saturated heterocycles. The third kappa shape index (κ3) is 3.85. The Morgan fingerprint density at radius 1 is 1.23 bits per heavy atom. The minimum absolute atomic E-state index is 0.00970. The van der Waals surface area contributed by atoms with Crippen LogP contribution in [0.15, 0.2) is 24.3 Å².